The topological polar surface area (TPSA) is 90.2 Å². The second kappa shape index (κ2) is 4.94. The Morgan fingerprint density at radius 2 is 2.06 bits per heavy atom. The van der Waals surface area contributed by atoms with Crippen molar-refractivity contribution in [2.75, 3.05) is 0 Å². The molecule has 0 unspecified atom stereocenters. The van der Waals surface area contributed by atoms with Gasteiger partial charge in [-0.2, -0.15) is 0 Å². The maximum atomic E-state index is 12.6. The van der Waals surface area contributed by atoms with Crippen LogP contribution in [0.4, 0.5) is 14.6 Å². The fourth-order valence-corrected chi connectivity index (χ4v) is 2.94. The first-order chi connectivity index (χ1) is 7.64. The van der Waals surface area contributed by atoms with Gasteiger partial charge in [-0.05, 0) is 32.5 Å². The number of pyridine rings is 1. The van der Waals surface area contributed by atoms with E-state index in [1.54, 1.807) is 0 Å². The van der Waals surface area contributed by atoms with Gasteiger partial charge in [-0.25, -0.2) is 17.2 Å². The van der Waals surface area contributed by atoms with Gasteiger partial charge >= 0.3 is 14.9 Å². The molecule has 6 nitrogen and oxygen atoms in total. The van der Waals surface area contributed by atoms with Crippen LogP contribution in [0.5, 0.6) is 0 Å². The second-order valence-electron chi connectivity index (χ2n) is 2.68. The molecule has 0 aliphatic heterocycles. The van der Waals surface area contributed by atoms with Crippen molar-refractivity contribution in [2.24, 2.45) is 0 Å². The van der Waals surface area contributed by atoms with Gasteiger partial charge in [-0.1, -0.05) is 0 Å². The van der Waals surface area contributed by atoms with E-state index in [9.17, 15) is 27.3 Å². The fraction of sp³-hybridized carbons (Fsp3) is 0.167. The van der Waals surface area contributed by atoms with Crippen LogP contribution in [0.1, 0.15) is 12.0 Å². The molecule has 0 aromatic carbocycles. The van der Waals surface area contributed by atoms with Crippen molar-refractivity contribution in [3.8, 4) is 0 Å². The van der Waals surface area contributed by atoms with Crippen molar-refractivity contribution in [1.82, 2.24) is 4.98 Å². The zero-order valence-electron chi connectivity index (χ0n) is 7.60. The molecule has 0 saturated heterocycles. The molecule has 0 aliphatic carbocycles. The van der Waals surface area contributed by atoms with Crippen molar-refractivity contribution < 1.29 is 22.1 Å². The number of hydrogen-bond donors (Lipinski definition) is 0. The van der Waals surface area contributed by atoms with Gasteiger partial charge < -0.3 is 10.1 Å². The molecule has 0 spiro atoms. The second-order valence-corrected chi connectivity index (χ2v) is 6.32. The van der Waals surface area contributed by atoms with Crippen LogP contribution < -0.4 is 0 Å². The highest BCUT2D eigenvalue weighted by Gasteiger charge is 2.33. The summed E-state index contributed by atoms with van der Waals surface area (Å²) in [5, 5.41) is 9.24. The van der Waals surface area contributed by atoms with E-state index in [1.807, 2.05) is 0 Å². The molecule has 1 aromatic heterocycles. The summed E-state index contributed by atoms with van der Waals surface area (Å²) in [6, 6.07) is 0.744. The zero-order valence-corrected chi connectivity index (χ0v) is 11.3. The first-order valence-electron chi connectivity index (χ1n) is 3.72. The Morgan fingerprint density at radius 1 is 1.53 bits per heavy atom. The summed E-state index contributed by atoms with van der Waals surface area (Å²) in [6.45, 7) is 0. The number of alkyl halides is 2. The number of hydrogen-bond acceptors (Lipinski definition) is 5. The highest BCUT2D eigenvalue weighted by molar-refractivity contribution is 14.1. The largest absolute Gasteiger partial charge is 0.366 e. The summed E-state index contributed by atoms with van der Waals surface area (Å²) in [5.41, 5.74) is -0.939. The first-order valence-corrected chi connectivity index (χ1v) is 7.11. The third-order valence-corrected chi connectivity index (χ3v) is 3.70. The van der Waals surface area contributed by atoms with Crippen LogP contribution in [0.15, 0.2) is 11.1 Å². The van der Waals surface area contributed by atoms with Gasteiger partial charge in [0.15, 0.2) is 0 Å². The summed E-state index contributed by atoms with van der Waals surface area (Å²) in [6.07, 6.45) is -3.15. The zero-order chi connectivity index (χ0) is 13.4. The standard InChI is InChI=1S/C6H2ClF2IN2O4S/c7-17(15,16)6-4(5(8)9)2(10)1-3(11-6)12(13)14/h1,5H. The van der Waals surface area contributed by atoms with E-state index >= 15 is 0 Å². The van der Waals surface area contributed by atoms with Crippen LogP contribution >= 0.6 is 33.3 Å². The molecule has 0 amide bonds. The molecule has 0 fully saturated rings. The van der Waals surface area contributed by atoms with Crippen molar-refractivity contribution in [3.63, 3.8) is 0 Å². The normalized spacial score (nSPS) is 11.8. The number of nitrogens with zero attached hydrogens (tertiary/aromatic N) is 2. The molecule has 94 valence electrons. The molecule has 0 atom stereocenters. The lowest BCUT2D eigenvalue weighted by Gasteiger charge is -2.04. The summed E-state index contributed by atoms with van der Waals surface area (Å²) >= 11 is 1.35. The predicted molar refractivity (Wildman–Crippen MR) is 61.6 cm³/mol. The Bertz CT molecular complexity index is 580. The molecular formula is C6H2ClF2IN2O4S. The van der Waals surface area contributed by atoms with Gasteiger partial charge in [0.1, 0.15) is 0 Å². The van der Waals surface area contributed by atoms with Gasteiger partial charge in [0, 0.05) is 20.3 Å². The van der Waals surface area contributed by atoms with Gasteiger partial charge in [0.05, 0.1) is 5.56 Å². The molecule has 0 saturated carbocycles. The number of halogens is 4. The minimum Gasteiger partial charge on any atom is -0.358 e. The van der Waals surface area contributed by atoms with Crippen LogP contribution in [0.25, 0.3) is 0 Å². The van der Waals surface area contributed by atoms with Gasteiger partial charge in [-0.15, -0.1) is 0 Å². The minimum atomic E-state index is -4.59. The van der Waals surface area contributed by atoms with E-state index in [4.69, 9.17) is 10.7 Å². The predicted octanol–water partition coefficient (Wildman–Crippen LogP) is 2.46. The van der Waals surface area contributed by atoms with Crippen LogP contribution in [-0.4, -0.2) is 18.3 Å². The van der Waals surface area contributed by atoms with Crippen LogP contribution in [-0.2, 0) is 9.05 Å². The average molecular weight is 399 g/mol. The smallest absolute Gasteiger partial charge is 0.358 e. The Hall–Kier alpha value is -0.620. The van der Waals surface area contributed by atoms with E-state index in [2.05, 4.69) is 4.98 Å². The Morgan fingerprint density at radius 3 is 2.41 bits per heavy atom. The lowest BCUT2D eigenvalue weighted by molar-refractivity contribution is -0.390. The molecule has 0 radical (unpaired) electrons. The summed E-state index contributed by atoms with van der Waals surface area (Å²) in [4.78, 5) is 12.5. The first kappa shape index (κ1) is 14.4. The van der Waals surface area contributed by atoms with E-state index in [0.717, 1.165) is 6.07 Å². The minimum absolute atomic E-state index is 0.293. The van der Waals surface area contributed by atoms with E-state index < -0.39 is 36.8 Å². The number of rotatable bonds is 3. The molecule has 0 bridgehead atoms. The summed E-state index contributed by atoms with van der Waals surface area (Å²) in [7, 11) is 0.322. The van der Waals surface area contributed by atoms with Gasteiger partial charge in [0.2, 0.25) is 0 Å². The number of aromatic nitrogens is 1. The fourth-order valence-electron chi connectivity index (χ4n) is 0.967. The molecule has 1 heterocycles. The monoisotopic (exact) mass is 398 g/mol. The maximum absolute atomic E-state index is 12.6. The van der Waals surface area contributed by atoms with Crippen molar-refractivity contribution >= 4 is 48.1 Å². The van der Waals surface area contributed by atoms with Crippen molar-refractivity contribution in [1.29, 1.82) is 0 Å². The lowest BCUT2D eigenvalue weighted by atomic mass is 10.3. The molecule has 17 heavy (non-hydrogen) atoms. The van der Waals surface area contributed by atoms with Gasteiger partial charge in [0.25, 0.3) is 11.5 Å². The van der Waals surface area contributed by atoms with Crippen molar-refractivity contribution in [3.05, 3.63) is 25.3 Å². The Labute approximate surface area is 112 Å². The van der Waals surface area contributed by atoms with Crippen LogP contribution in [0, 0.1) is 13.7 Å². The summed E-state index contributed by atoms with van der Waals surface area (Å²) in [5.74, 6) is -0.863. The lowest BCUT2D eigenvalue weighted by Crippen LogP contribution is -2.07. The highest BCUT2D eigenvalue weighted by Crippen LogP contribution is 2.33. The van der Waals surface area contributed by atoms with Gasteiger partial charge in [-0.3, -0.25) is 0 Å². The van der Waals surface area contributed by atoms with Crippen LogP contribution in [0.3, 0.4) is 0 Å². The van der Waals surface area contributed by atoms with E-state index in [0.29, 0.717) is 0 Å². The van der Waals surface area contributed by atoms with E-state index in [-0.39, 0.29) is 3.57 Å². The third-order valence-electron chi connectivity index (χ3n) is 1.60. The molecule has 0 N–H and O–H groups in total. The highest BCUT2D eigenvalue weighted by atomic mass is 127. The third kappa shape index (κ3) is 3.19. The molecular weight excluding hydrogens is 396 g/mol. The molecule has 11 heteroatoms. The molecule has 1 rings (SSSR count). The maximum Gasteiger partial charge on any atom is 0.366 e. The Kier molecular flexibility index (Phi) is 4.19. The van der Waals surface area contributed by atoms with Crippen LogP contribution in [0.2, 0.25) is 0 Å². The SMILES string of the molecule is O=[N+]([O-])c1cc(I)c(C(F)F)c(S(=O)(=O)Cl)n1. The van der Waals surface area contributed by atoms with E-state index in [1.165, 1.54) is 22.6 Å². The Balaban J connectivity index is 3.69. The number of nitro groups is 1. The molecule has 1 aromatic rings. The summed E-state index contributed by atoms with van der Waals surface area (Å²) < 4.78 is 47.0. The van der Waals surface area contributed by atoms with Crippen molar-refractivity contribution in [2.45, 2.75) is 11.5 Å². The average Bonchev–Trinajstić information content (AvgIpc) is 2.14. The molecule has 0 aliphatic rings. The quantitative estimate of drug-likeness (QED) is 0.338.